The minimum Gasteiger partial charge on any atom is -0.484 e. The number of nitrogens with one attached hydrogen (secondary N) is 1. The molecule has 1 N–H and O–H groups in total. The normalized spacial score (nSPS) is 11.1. The molecule has 0 spiro atoms. The maximum Gasteiger partial charge on any atom is 0.277 e. The standard InChI is InChI=1S/C23H24BrN3O2/c1-15-5-8-21(11-16(15)2)27-17(3)12-19(18(27)4)13-25-26-23(28)14-29-22-9-6-20(24)7-10-22/h5-13H,14H2,1-4H3,(H,26,28)/b25-13-. The predicted octanol–water partition coefficient (Wildman–Crippen LogP) is 5.00. The van der Waals surface area contributed by atoms with E-state index in [1.165, 1.54) is 11.1 Å². The van der Waals surface area contributed by atoms with Crippen molar-refractivity contribution in [2.75, 3.05) is 6.61 Å². The van der Waals surface area contributed by atoms with Crippen LogP contribution in [-0.4, -0.2) is 23.3 Å². The van der Waals surface area contributed by atoms with Crippen molar-refractivity contribution in [2.45, 2.75) is 27.7 Å². The summed E-state index contributed by atoms with van der Waals surface area (Å²) in [6, 6.07) is 15.8. The first-order valence-corrected chi connectivity index (χ1v) is 10.1. The molecule has 0 saturated carbocycles. The van der Waals surface area contributed by atoms with Crippen LogP contribution in [0.25, 0.3) is 5.69 Å². The van der Waals surface area contributed by atoms with Crippen LogP contribution >= 0.6 is 15.9 Å². The fourth-order valence-corrected chi connectivity index (χ4v) is 3.33. The topological polar surface area (TPSA) is 55.6 Å². The van der Waals surface area contributed by atoms with Crippen molar-refractivity contribution in [1.29, 1.82) is 0 Å². The van der Waals surface area contributed by atoms with E-state index in [0.29, 0.717) is 5.75 Å². The van der Waals surface area contributed by atoms with E-state index in [-0.39, 0.29) is 12.5 Å². The number of amides is 1. The Bertz CT molecular complexity index is 1050. The second-order valence-electron chi connectivity index (χ2n) is 6.97. The van der Waals surface area contributed by atoms with Gasteiger partial charge in [-0.2, -0.15) is 5.10 Å². The van der Waals surface area contributed by atoms with Crippen LogP contribution < -0.4 is 10.2 Å². The van der Waals surface area contributed by atoms with Crippen molar-refractivity contribution in [2.24, 2.45) is 5.10 Å². The molecule has 2 aromatic carbocycles. The zero-order chi connectivity index (χ0) is 21.0. The number of rotatable bonds is 6. The van der Waals surface area contributed by atoms with Gasteiger partial charge in [-0.15, -0.1) is 0 Å². The Morgan fingerprint density at radius 3 is 2.48 bits per heavy atom. The maximum atomic E-state index is 12.0. The number of nitrogens with zero attached hydrogens (tertiary/aromatic N) is 2. The van der Waals surface area contributed by atoms with E-state index in [4.69, 9.17) is 4.74 Å². The third-order valence-electron chi connectivity index (χ3n) is 4.80. The minimum atomic E-state index is -0.313. The summed E-state index contributed by atoms with van der Waals surface area (Å²) in [6.45, 7) is 8.23. The van der Waals surface area contributed by atoms with E-state index in [0.717, 1.165) is 27.1 Å². The first kappa shape index (κ1) is 20.9. The van der Waals surface area contributed by atoms with Gasteiger partial charge >= 0.3 is 0 Å². The Hall–Kier alpha value is -2.86. The van der Waals surface area contributed by atoms with E-state index >= 15 is 0 Å². The molecule has 0 aliphatic heterocycles. The van der Waals surface area contributed by atoms with E-state index in [2.05, 4.69) is 76.1 Å². The van der Waals surface area contributed by atoms with E-state index in [9.17, 15) is 4.79 Å². The van der Waals surface area contributed by atoms with Crippen molar-refractivity contribution in [3.63, 3.8) is 0 Å². The fraction of sp³-hybridized carbons (Fsp3) is 0.217. The Kier molecular flexibility index (Phi) is 6.54. The van der Waals surface area contributed by atoms with Gasteiger partial charge in [0.25, 0.3) is 5.91 Å². The van der Waals surface area contributed by atoms with Gasteiger partial charge in [-0.3, -0.25) is 4.79 Å². The Morgan fingerprint density at radius 2 is 1.79 bits per heavy atom. The van der Waals surface area contributed by atoms with Gasteiger partial charge in [-0.1, -0.05) is 22.0 Å². The molecule has 0 radical (unpaired) electrons. The van der Waals surface area contributed by atoms with Crippen LogP contribution in [0.3, 0.4) is 0 Å². The van der Waals surface area contributed by atoms with Crippen LogP contribution in [0, 0.1) is 27.7 Å². The largest absolute Gasteiger partial charge is 0.484 e. The van der Waals surface area contributed by atoms with Crippen LogP contribution in [0.15, 0.2) is 58.1 Å². The Balaban J connectivity index is 1.64. The van der Waals surface area contributed by atoms with E-state index < -0.39 is 0 Å². The number of hydrogen-bond donors (Lipinski definition) is 1. The van der Waals surface area contributed by atoms with Crippen LogP contribution in [0.4, 0.5) is 0 Å². The van der Waals surface area contributed by atoms with Crippen LogP contribution in [0.1, 0.15) is 28.1 Å². The molecule has 3 rings (SSSR count). The number of aromatic nitrogens is 1. The lowest BCUT2D eigenvalue weighted by Gasteiger charge is -2.11. The van der Waals surface area contributed by atoms with E-state index in [1.54, 1.807) is 18.3 Å². The maximum absolute atomic E-state index is 12.0. The summed E-state index contributed by atoms with van der Waals surface area (Å²) in [5.74, 6) is 0.316. The molecule has 0 unspecified atom stereocenters. The van der Waals surface area contributed by atoms with Gasteiger partial charge in [-0.05, 0) is 81.3 Å². The van der Waals surface area contributed by atoms with Crippen molar-refractivity contribution in [3.8, 4) is 11.4 Å². The highest BCUT2D eigenvalue weighted by Gasteiger charge is 2.10. The Morgan fingerprint density at radius 1 is 1.07 bits per heavy atom. The van der Waals surface area contributed by atoms with Crippen molar-refractivity contribution >= 4 is 28.1 Å². The minimum absolute atomic E-state index is 0.0966. The third-order valence-corrected chi connectivity index (χ3v) is 5.32. The predicted molar refractivity (Wildman–Crippen MR) is 120 cm³/mol. The second-order valence-corrected chi connectivity index (χ2v) is 7.88. The van der Waals surface area contributed by atoms with Crippen LogP contribution in [-0.2, 0) is 4.79 Å². The number of carbonyl (C=O) groups is 1. The molecule has 150 valence electrons. The summed E-state index contributed by atoms with van der Waals surface area (Å²) in [5.41, 5.74) is 9.28. The quantitative estimate of drug-likeness (QED) is 0.421. The van der Waals surface area contributed by atoms with Crippen LogP contribution in [0.5, 0.6) is 5.75 Å². The van der Waals surface area contributed by atoms with Gasteiger partial charge < -0.3 is 9.30 Å². The average molecular weight is 454 g/mol. The first-order chi connectivity index (χ1) is 13.8. The summed E-state index contributed by atoms with van der Waals surface area (Å²) in [5, 5.41) is 4.08. The summed E-state index contributed by atoms with van der Waals surface area (Å²) >= 11 is 3.36. The summed E-state index contributed by atoms with van der Waals surface area (Å²) in [4.78, 5) is 12.0. The summed E-state index contributed by atoms with van der Waals surface area (Å²) in [7, 11) is 0. The van der Waals surface area contributed by atoms with Gasteiger partial charge in [0, 0.05) is 27.1 Å². The molecule has 0 aliphatic carbocycles. The number of hydrazone groups is 1. The molecule has 0 bridgehead atoms. The highest BCUT2D eigenvalue weighted by molar-refractivity contribution is 9.10. The van der Waals surface area contributed by atoms with Gasteiger partial charge in [-0.25, -0.2) is 5.43 Å². The number of carbonyl (C=O) groups excluding carboxylic acids is 1. The van der Waals surface area contributed by atoms with Crippen LogP contribution in [0.2, 0.25) is 0 Å². The number of hydrogen-bond acceptors (Lipinski definition) is 3. The zero-order valence-corrected chi connectivity index (χ0v) is 18.6. The lowest BCUT2D eigenvalue weighted by Crippen LogP contribution is -2.24. The number of benzene rings is 2. The molecule has 1 heterocycles. The summed E-state index contributed by atoms with van der Waals surface area (Å²) in [6.07, 6.45) is 1.66. The smallest absolute Gasteiger partial charge is 0.277 e. The molecule has 5 nitrogen and oxygen atoms in total. The van der Waals surface area contributed by atoms with Gasteiger partial charge in [0.05, 0.1) is 6.21 Å². The van der Waals surface area contributed by atoms with Gasteiger partial charge in [0.1, 0.15) is 5.75 Å². The van der Waals surface area contributed by atoms with Gasteiger partial charge in [0.15, 0.2) is 6.61 Å². The summed E-state index contributed by atoms with van der Waals surface area (Å²) < 4.78 is 8.58. The average Bonchev–Trinajstić information content (AvgIpc) is 2.97. The third kappa shape index (κ3) is 5.15. The first-order valence-electron chi connectivity index (χ1n) is 9.32. The molecule has 6 heteroatoms. The molecule has 3 aromatic rings. The molecule has 1 aromatic heterocycles. The lowest BCUT2D eigenvalue weighted by atomic mass is 10.1. The molecule has 0 fully saturated rings. The van der Waals surface area contributed by atoms with Crippen molar-refractivity contribution in [1.82, 2.24) is 9.99 Å². The van der Waals surface area contributed by atoms with Crippen molar-refractivity contribution in [3.05, 3.63) is 81.1 Å². The molecule has 29 heavy (non-hydrogen) atoms. The highest BCUT2D eigenvalue weighted by atomic mass is 79.9. The number of aryl methyl sites for hydroxylation is 3. The van der Waals surface area contributed by atoms with Gasteiger partial charge in [0.2, 0.25) is 0 Å². The molecular weight excluding hydrogens is 430 g/mol. The Labute approximate surface area is 179 Å². The SMILES string of the molecule is Cc1ccc(-n2c(C)cc(/C=N\NC(=O)COc3ccc(Br)cc3)c2C)cc1C. The number of halogens is 1. The lowest BCUT2D eigenvalue weighted by molar-refractivity contribution is -0.123. The second kappa shape index (κ2) is 9.09. The van der Waals surface area contributed by atoms with Crippen molar-refractivity contribution < 1.29 is 9.53 Å². The molecule has 1 amide bonds. The fourth-order valence-electron chi connectivity index (χ4n) is 3.07. The highest BCUT2D eigenvalue weighted by Crippen LogP contribution is 2.22. The zero-order valence-electron chi connectivity index (χ0n) is 17.0. The molecular formula is C23H24BrN3O2. The monoisotopic (exact) mass is 453 g/mol. The molecule has 0 atom stereocenters. The van der Waals surface area contributed by atoms with E-state index in [1.807, 2.05) is 19.1 Å². The number of ether oxygens (including phenoxy) is 1. The molecule has 0 aliphatic rings. The molecule has 0 saturated heterocycles.